The maximum Gasteiger partial charge on any atom is 0.243 e. The van der Waals surface area contributed by atoms with Gasteiger partial charge in [0.05, 0.1) is 5.75 Å². The van der Waals surface area contributed by atoms with Gasteiger partial charge in [0.2, 0.25) is 11.8 Å². The molecule has 0 bridgehead atoms. The van der Waals surface area contributed by atoms with Crippen molar-refractivity contribution >= 4 is 35.2 Å². The lowest BCUT2D eigenvalue weighted by Gasteiger charge is -2.32. The van der Waals surface area contributed by atoms with Gasteiger partial charge in [0.1, 0.15) is 11.9 Å². The lowest BCUT2D eigenvalue weighted by atomic mass is 10.0. The summed E-state index contributed by atoms with van der Waals surface area (Å²) in [7, 11) is 0. The SMILES string of the molecule is O=C(NC1CCCC1)[C@@H](Cc1ccccc1)N(Cc1ccccc1)C(=O)CSCc1c(F)cccc1Cl. The van der Waals surface area contributed by atoms with Crippen molar-refractivity contribution in [3.05, 3.63) is 106 Å². The van der Waals surface area contributed by atoms with Crippen molar-refractivity contribution < 1.29 is 14.0 Å². The van der Waals surface area contributed by atoms with Gasteiger partial charge in [-0.15, -0.1) is 11.8 Å². The van der Waals surface area contributed by atoms with Crippen LogP contribution in [0.15, 0.2) is 78.9 Å². The van der Waals surface area contributed by atoms with Crippen LogP contribution in [-0.4, -0.2) is 34.6 Å². The van der Waals surface area contributed by atoms with Crippen LogP contribution in [0.1, 0.15) is 42.4 Å². The minimum absolute atomic E-state index is 0.111. The molecule has 4 nitrogen and oxygen atoms in total. The van der Waals surface area contributed by atoms with E-state index in [-0.39, 0.29) is 35.2 Å². The minimum atomic E-state index is -0.659. The van der Waals surface area contributed by atoms with E-state index in [0.717, 1.165) is 36.8 Å². The summed E-state index contributed by atoms with van der Waals surface area (Å²) >= 11 is 7.48. The number of nitrogens with zero attached hydrogens (tertiary/aromatic N) is 1. The van der Waals surface area contributed by atoms with Gasteiger partial charge in [-0.05, 0) is 36.1 Å². The number of rotatable bonds is 11. The monoisotopic (exact) mass is 538 g/mol. The van der Waals surface area contributed by atoms with Crippen molar-refractivity contribution in [3.8, 4) is 0 Å². The first-order chi connectivity index (χ1) is 18.0. The van der Waals surface area contributed by atoms with E-state index in [2.05, 4.69) is 5.32 Å². The van der Waals surface area contributed by atoms with Crippen LogP contribution in [0.25, 0.3) is 0 Å². The average Bonchev–Trinajstić information content (AvgIpc) is 3.42. The zero-order chi connectivity index (χ0) is 26.0. The van der Waals surface area contributed by atoms with Crippen LogP contribution in [0.3, 0.4) is 0 Å². The van der Waals surface area contributed by atoms with Crippen LogP contribution in [-0.2, 0) is 28.3 Å². The molecule has 3 aromatic rings. The van der Waals surface area contributed by atoms with Crippen LogP contribution >= 0.6 is 23.4 Å². The van der Waals surface area contributed by atoms with Crippen molar-refractivity contribution in [1.29, 1.82) is 0 Å². The summed E-state index contributed by atoms with van der Waals surface area (Å²) < 4.78 is 14.2. The Morgan fingerprint density at radius 2 is 1.59 bits per heavy atom. The standard InChI is InChI=1S/C30H32ClFN2O2S/c31-26-16-9-17-27(32)25(26)20-37-21-29(35)34(19-23-12-5-2-6-13-23)28(18-22-10-3-1-4-11-22)30(36)33-24-14-7-8-15-24/h1-6,9-13,16-17,24,28H,7-8,14-15,18-21H2,(H,33,36)/t28-/m1/s1. The third-order valence-corrected chi connectivity index (χ3v) is 8.00. The highest BCUT2D eigenvalue weighted by atomic mass is 35.5. The fourth-order valence-electron chi connectivity index (χ4n) is 4.70. The van der Waals surface area contributed by atoms with E-state index in [1.54, 1.807) is 17.0 Å². The van der Waals surface area contributed by atoms with Crippen LogP contribution < -0.4 is 5.32 Å². The van der Waals surface area contributed by atoms with Gasteiger partial charge in [-0.25, -0.2) is 4.39 Å². The van der Waals surface area contributed by atoms with Crippen LogP contribution in [0.4, 0.5) is 4.39 Å². The van der Waals surface area contributed by atoms with E-state index in [1.807, 2.05) is 60.7 Å². The predicted molar refractivity (Wildman–Crippen MR) is 149 cm³/mol. The fourth-order valence-corrected chi connectivity index (χ4v) is 5.94. The van der Waals surface area contributed by atoms with Gasteiger partial charge in [0.25, 0.3) is 0 Å². The summed E-state index contributed by atoms with van der Waals surface area (Å²) in [6.45, 7) is 0.316. The highest BCUT2D eigenvalue weighted by molar-refractivity contribution is 7.99. The molecule has 1 N–H and O–H groups in total. The molecular weight excluding hydrogens is 507 g/mol. The Morgan fingerprint density at radius 1 is 0.946 bits per heavy atom. The molecule has 1 fully saturated rings. The summed E-state index contributed by atoms with van der Waals surface area (Å²) in [6, 6.07) is 23.6. The Morgan fingerprint density at radius 3 is 2.24 bits per heavy atom. The summed E-state index contributed by atoms with van der Waals surface area (Å²) in [4.78, 5) is 29.0. The number of hydrogen-bond acceptors (Lipinski definition) is 3. The quantitative estimate of drug-likeness (QED) is 0.307. The fraction of sp³-hybridized carbons (Fsp3) is 0.333. The number of benzene rings is 3. The highest BCUT2D eigenvalue weighted by Crippen LogP contribution is 2.25. The van der Waals surface area contributed by atoms with Crippen molar-refractivity contribution in [2.45, 2.75) is 56.5 Å². The molecule has 37 heavy (non-hydrogen) atoms. The second kappa shape index (κ2) is 13.6. The zero-order valence-electron chi connectivity index (χ0n) is 20.7. The number of hydrogen-bond donors (Lipinski definition) is 1. The van der Waals surface area contributed by atoms with E-state index in [9.17, 15) is 14.0 Å². The molecule has 1 saturated carbocycles. The summed E-state index contributed by atoms with van der Waals surface area (Å²) in [5.74, 6) is -0.287. The van der Waals surface area contributed by atoms with Gasteiger partial charge in [-0.2, -0.15) is 0 Å². The molecule has 0 aromatic heterocycles. The van der Waals surface area contributed by atoms with Gasteiger partial charge in [-0.1, -0.05) is 91.2 Å². The first-order valence-corrected chi connectivity index (χ1v) is 14.2. The largest absolute Gasteiger partial charge is 0.352 e. The van der Waals surface area contributed by atoms with E-state index in [4.69, 9.17) is 11.6 Å². The van der Waals surface area contributed by atoms with Gasteiger partial charge in [0.15, 0.2) is 0 Å². The molecule has 0 heterocycles. The van der Waals surface area contributed by atoms with E-state index in [1.165, 1.54) is 17.8 Å². The smallest absolute Gasteiger partial charge is 0.243 e. The molecule has 0 saturated heterocycles. The molecule has 4 rings (SSSR count). The van der Waals surface area contributed by atoms with Crippen molar-refractivity contribution in [1.82, 2.24) is 10.2 Å². The van der Waals surface area contributed by atoms with Crippen LogP contribution in [0.2, 0.25) is 5.02 Å². The second-order valence-electron chi connectivity index (χ2n) is 9.40. The zero-order valence-corrected chi connectivity index (χ0v) is 22.3. The number of amides is 2. The topological polar surface area (TPSA) is 49.4 Å². The molecule has 194 valence electrons. The van der Waals surface area contributed by atoms with Crippen LogP contribution in [0, 0.1) is 5.82 Å². The lowest BCUT2D eigenvalue weighted by Crippen LogP contribution is -2.52. The number of thioether (sulfide) groups is 1. The van der Waals surface area contributed by atoms with Gasteiger partial charge >= 0.3 is 0 Å². The van der Waals surface area contributed by atoms with Gasteiger partial charge in [0, 0.05) is 35.3 Å². The molecular formula is C30H32ClFN2O2S. The third-order valence-electron chi connectivity index (χ3n) is 6.70. The van der Waals surface area contributed by atoms with Crippen molar-refractivity contribution in [3.63, 3.8) is 0 Å². The molecule has 0 aliphatic heterocycles. The third kappa shape index (κ3) is 7.83. The number of nitrogens with one attached hydrogen (secondary N) is 1. The second-order valence-corrected chi connectivity index (χ2v) is 10.8. The van der Waals surface area contributed by atoms with Crippen molar-refractivity contribution in [2.75, 3.05) is 5.75 Å². The maximum atomic E-state index is 14.2. The van der Waals surface area contributed by atoms with E-state index < -0.39 is 6.04 Å². The molecule has 1 aliphatic rings. The predicted octanol–water partition coefficient (Wildman–Crippen LogP) is 6.41. The van der Waals surface area contributed by atoms with Crippen molar-refractivity contribution in [2.24, 2.45) is 0 Å². The highest BCUT2D eigenvalue weighted by Gasteiger charge is 2.32. The normalized spacial score (nSPS) is 14.3. The Labute approximate surface area is 227 Å². The molecule has 0 unspecified atom stereocenters. The van der Waals surface area contributed by atoms with Gasteiger partial charge in [-0.3, -0.25) is 9.59 Å². The van der Waals surface area contributed by atoms with Gasteiger partial charge < -0.3 is 10.2 Å². The summed E-state index contributed by atoms with van der Waals surface area (Å²) in [5, 5.41) is 3.56. The summed E-state index contributed by atoms with van der Waals surface area (Å²) in [5.41, 5.74) is 2.33. The molecule has 3 aromatic carbocycles. The molecule has 1 atom stereocenters. The Hall–Kier alpha value is -2.83. The molecule has 0 spiro atoms. The maximum absolute atomic E-state index is 14.2. The number of carbonyl (C=O) groups excluding carboxylic acids is 2. The molecule has 7 heteroatoms. The molecule has 1 aliphatic carbocycles. The minimum Gasteiger partial charge on any atom is -0.352 e. The summed E-state index contributed by atoms with van der Waals surface area (Å²) in [6.07, 6.45) is 4.57. The molecule has 2 amide bonds. The van der Waals surface area contributed by atoms with Crippen LogP contribution in [0.5, 0.6) is 0 Å². The Kier molecular flexibility index (Phi) is 10.0. The molecule has 0 radical (unpaired) electrons. The Balaban J connectivity index is 1.56. The first kappa shape index (κ1) is 27.2. The number of carbonyl (C=O) groups is 2. The van der Waals surface area contributed by atoms with E-state index >= 15 is 0 Å². The Bertz CT molecular complexity index is 1150. The number of halogens is 2. The average molecular weight is 539 g/mol. The first-order valence-electron chi connectivity index (χ1n) is 12.7. The lowest BCUT2D eigenvalue weighted by molar-refractivity contribution is -0.139. The van der Waals surface area contributed by atoms with E-state index in [0.29, 0.717) is 23.6 Å².